The second-order valence-corrected chi connectivity index (χ2v) is 6.34. The van der Waals surface area contributed by atoms with Crippen LogP contribution in [0.3, 0.4) is 0 Å². The van der Waals surface area contributed by atoms with Crippen molar-refractivity contribution in [3.05, 3.63) is 35.4 Å². The van der Waals surface area contributed by atoms with Gasteiger partial charge in [-0.25, -0.2) is 0 Å². The van der Waals surface area contributed by atoms with Crippen molar-refractivity contribution in [2.24, 2.45) is 0 Å². The summed E-state index contributed by atoms with van der Waals surface area (Å²) in [5.41, 5.74) is 2.81. The van der Waals surface area contributed by atoms with Gasteiger partial charge in [0.15, 0.2) is 5.11 Å². The maximum atomic E-state index is 11.0. The molecular weight excluding hydrogens is 308 g/mol. The normalized spacial score (nSPS) is 16.3. The molecule has 2 N–H and O–H groups in total. The Hall–Kier alpha value is -1.62. The number of hydrogen-bond donors (Lipinski definition) is 2. The van der Waals surface area contributed by atoms with Crippen molar-refractivity contribution in [2.45, 2.75) is 51.0 Å². The number of thiocarbonyl (C=S) groups is 1. The Kier molecular flexibility index (Phi) is 7.33. The molecule has 23 heavy (non-hydrogen) atoms. The molecule has 0 aliphatic heterocycles. The number of fused-ring (bicyclic) bond motifs is 1. The SMILES string of the molecule is COC(=O)CCCCCNC(=S)N[C@H]1CCCc2ccccc21. The molecule has 4 nitrogen and oxygen atoms in total. The van der Waals surface area contributed by atoms with Crippen LogP contribution in [0.5, 0.6) is 0 Å². The summed E-state index contributed by atoms with van der Waals surface area (Å²) < 4.78 is 4.62. The van der Waals surface area contributed by atoms with Crippen LogP contribution in [0.1, 0.15) is 55.7 Å². The van der Waals surface area contributed by atoms with Gasteiger partial charge in [0.1, 0.15) is 0 Å². The van der Waals surface area contributed by atoms with Crippen LogP contribution in [0.4, 0.5) is 0 Å². The molecular formula is C18H26N2O2S. The van der Waals surface area contributed by atoms with Gasteiger partial charge in [0, 0.05) is 13.0 Å². The molecule has 1 atom stereocenters. The molecule has 1 aromatic carbocycles. The number of nitrogens with one attached hydrogen (secondary N) is 2. The fourth-order valence-electron chi connectivity index (χ4n) is 2.99. The fraction of sp³-hybridized carbons (Fsp3) is 0.556. The minimum Gasteiger partial charge on any atom is -0.469 e. The van der Waals surface area contributed by atoms with Gasteiger partial charge < -0.3 is 15.4 Å². The van der Waals surface area contributed by atoms with Gasteiger partial charge in [0.25, 0.3) is 0 Å². The van der Waals surface area contributed by atoms with Gasteiger partial charge in [0.2, 0.25) is 0 Å². The van der Waals surface area contributed by atoms with Crippen LogP contribution in [0.15, 0.2) is 24.3 Å². The van der Waals surface area contributed by atoms with Crippen molar-refractivity contribution in [1.82, 2.24) is 10.6 Å². The number of esters is 1. The number of hydrogen-bond acceptors (Lipinski definition) is 3. The van der Waals surface area contributed by atoms with E-state index in [2.05, 4.69) is 39.6 Å². The Morgan fingerprint density at radius 3 is 2.96 bits per heavy atom. The molecule has 0 saturated carbocycles. The molecule has 0 spiro atoms. The Bertz CT molecular complexity index is 534. The zero-order valence-electron chi connectivity index (χ0n) is 13.8. The number of carbonyl (C=O) groups excluding carboxylic acids is 1. The second kappa shape index (κ2) is 9.50. The highest BCUT2D eigenvalue weighted by molar-refractivity contribution is 7.80. The molecule has 0 bridgehead atoms. The van der Waals surface area contributed by atoms with Crippen LogP contribution in [-0.4, -0.2) is 24.7 Å². The Morgan fingerprint density at radius 1 is 1.30 bits per heavy atom. The average Bonchev–Trinajstić information content (AvgIpc) is 2.58. The van der Waals surface area contributed by atoms with Crippen molar-refractivity contribution < 1.29 is 9.53 Å². The van der Waals surface area contributed by atoms with E-state index in [0.717, 1.165) is 43.8 Å². The molecule has 126 valence electrons. The van der Waals surface area contributed by atoms with Gasteiger partial charge >= 0.3 is 5.97 Å². The number of ether oxygens (including phenoxy) is 1. The first-order valence-corrected chi connectivity index (χ1v) is 8.80. The van der Waals surface area contributed by atoms with Crippen molar-refractivity contribution in [1.29, 1.82) is 0 Å². The zero-order chi connectivity index (χ0) is 16.5. The number of carbonyl (C=O) groups is 1. The Balaban J connectivity index is 1.65. The van der Waals surface area contributed by atoms with E-state index in [1.807, 2.05) is 0 Å². The van der Waals surface area contributed by atoms with Gasteiger partial charge in [0.05, 0.1) is 13.2 Å². The van der Waals surface area contributed by atoms with Crippen LogP contribution in [0, 0.1) is 0 Å². The fourth-order valence-corrected chi connectivity index (χ4v) is 3.23. The van der Waals surface area contributed by atoms with Gasteiger partial charge in [-0.15, -0.1) is 0 Å². The number of rotatable bonds is 7. The molecule has 2 rings (SSSR count). The first kappa shape index (κ1) is 17.7. The summed E-state index contributed by atoms with van der Waals surface area (Å²) in [5.74, 6) is -0.133. The summed E-state index contributed by atoms with van der Waals surface area (Å²) in [4.78, 5) is 11.0. The van der Waals surface area contributed by atoms with E-state index in [1.165, 1.54) is 24.7 Å². The van der Waals surface area contributed by atoms with E-state index >= 15 is 0 Å². The van der Waals surface area contributed by atoms with E-state index in [9.17, 15) is 4.79 Å². The zero-order valence-corrected chi connectivity index (χ0v) is 14.6. The summed E-state index contributed by atoms with van der Waals surface area (Å²) in [5, 5.41) is 7.43. The third-order valence-corrected chi connectivity index (χ3v) is 4.51. The summed E-state index contributed by atoms with van der Waals surface area (Å²) in [7, 11) is 1.43. The molecule has 0 heterocycles. The van der Waals surface area contributed by atoms with E-state index in [0.29, 0.717) is 12.5 Å². The van der Waals surface area contributed by atoms with Crippen molar-refractivity contribution in [3.63, 3.8) is 0 Å². The molecule has 1 aromatic rings. The first-order valence-electron chi connectivity index (χ1n) is 8.39. The Labute approximate surface area is 144 Å². The van der Waals surface area contributed by atoms with Gasteiger partial charge in [-0.2, -0.15) is 0 Å². The molecule has 0 fully saturated rings. The lowest BCUT2D eigenvalue weighted by molar-refractivity contribution is -0.140. The summed E-state index contributed by atoms with van der Waals surface area (Å²) in [6, 6.07) is 8.92. The Morgan fingerprint density at radius 2 is 2.13 bits per heavy atom. The number of methoxy groups -OCH3 is 1. The molecule has 1 aliphatic rings. The molecule has 0 saturated heterocycles. The van der Waals surface area contributed by atoms with Crippen molar-refractivity contribution >= 4 is 23.3 Å². The van der Waals surface area contributed by atoms with E-state index in [4.69, 9.17) is 12.2 Å². The summed E-state index contributed by atoms with van der Waals surface area (Å²) in [6.45, 7) is 0.835. The summed E-state index contributed by atoms with van der Waals surface area (Å²) in [6.07, 6.45) is 6.84. The van der Waals surface area contributed by atoms with Crippen LogP contribution >= 0.6 is 12.2 Å². The van der Waals surface area contributed by atoms with Crippen LogP contribution < -0.4 is 10.6 Å². The summed E-state index contributed by atoms with van der Waals surface area (Å²) >= 11 is 5.41. The average molecular weight is 334 g/mol. The van der Waals surface area contributed by atoms with E-state index in [1.54, 1.807) is 0 Å². The first-order chi connectivity index (χ1) is 11.2. The quantitative estimate of drug-likeness (QED) is 0.455. The highest BCUT2D eigenvalue weighted by Gasteiger charge is 2.19. The maximum Gasteiger partial charge on any atom is 0.305 e. The lowest BCUT2D eigenvalue weighted by atomic mass is 9.88. The van der Waals surface area contributed by atoms with Gasteiger partial charge in [-0.1, -0.05) is 30.7 Å². The van der Waals surface area contributed by atoms with Crippen molar-refractivity contribution in [2.75, 3.05) is 13.7 Å². The molecule has 0 radical (unpaired) electrons. The minimum absolute atomic E-state index is 0.133. The molecule has 5 heteroatoms. The predicted molar refractivity (Wildman–Crippen MR) is 96.3 cm³/mol. The molecule has 0 aromatic heterocycles. The maximum absolute atomic E-state index is 11.0. The van der Waals surface area contributed by atoms with Crippen LogP contribution in [0.2, 0.25) is 0 Å². The standard InChI is InChI=1S/C18H26N2O2S/c1-22-17(21)12-3-2-6-13-19-18(23)20-16-11-7-9-14-8-4-5-10-15(14)16/h4-5,8,10,16H,2-3,6-7,9,11-13H2,1H3,(H2,19,20,23)/t16-/m0/s1. The van der Waals surface area contributed by atoms with Crippen molar-refractivity contribution in [3.8, 4) is 0 Å². The highest BCUT2D eigenvalue weighted by Crippen LogP contribution is 2.29. The third kappa shape index (κ3) is 5.82. The highest BCUT2D eigenvalue weighted by atomic mass is 32.1. The lowest BCUT2D eigenvalue weighted by Crippen LogP contribution is -2.39. The molecule has 0 amide bonds. The van der Waals surface area contributed by atoms with E-state index in [-0.39, 0.29) is 5.97 Å². The minimum atomic E-state index is -0.133. The topological polar surface area (TPSA) is 50.4 Å². The van der Waals surface area contributed by atoms with Crippen LogP contribution in [-0.2, 0) is 16.0 Å². The van der Waals surface area contributed by atoms with Gasteiger partial charge in [-0.05, 0) is 55.4 Å². The lowest BCUT2D eigenvalue weighted by Gasteiger charge is -2.27. The molecule has 1 aliphatic carbocycles. The molecule has 0 unspecified atom stereocenters. The smallest absolute Gasteiger partial charge is 0.305 e. The van der Waals surface area contributed by atoms with Gasteiger partial charge in [-0.3, -0.25) is 4.79 Å². The second-order valence-electron chi connectivity index (χ2n) is 5.93. The number of benzene rings is 1. The van der Waals surface area contributed by atoms with Crippen LogP contribution in [0.25, 0.3) is 0 Å². The number of aryl methyl sites for hydroxylation is 1. The number of unbranched alkanes of at least 4 members (excludes halogenated alkanes) is 2. The van der Waals surface area contributed by atoms with E-state index < -0.39 is 0 Å². The largest absolute Gasteiger partial charge is 0.469 e. The monoisotopic (exact) mass is 334 g/mol. The third-order valence-electron chi connectivity index (χ3n) is 4.25. The predicted octanol–water partition coefficient (Wildman–Crippen LogP) is 3.26.